The Morgan fingerprint density at radius 3 is 2.43 bits per heavy atom. The van der Waals surface area contributed by atoms with Gasteiger partial charge in [0.05, 0.1) is 12.6 Å². The highest BCUT2D eigenvalue weighted by Crippen LogP contribution is 2.24. The van der Waals surface area contributed by atoms with E-state index in [4.69, 9.17) is 9.84 Å². The number of nitrogens with one attached hydrogen (secondary N) is 2. The third-order valence-corrected chi connectivity index (χ3v) is 3.77. The van der Waals surface area contributed by atoms with Crippen molar-refractivity contribution < 1.29 is 24.5 Å². The zero-order valence-corrected chi connectivity index (χ0v) is 13.0. The van der Waals surface area contributed by atoms with Gasteiger partial charge >= 0.3 is 12.0 Å². The van der Waals surface area contributed by atoms with Crippen LogP contribution in [0.15, 0.2) is 24.3 Å². The highest BCUT2D eigenvalue weighted by atomic mass is 16.5. The van der Waals surface area contributed by atoms with Crippen LogP contribution in [0.5, 0.6) is 5.75 Å². The van der Waals surface area contributed by atoms with Crippen molar-refractivity contribution in [3.05, 3.63) is 24.3 Å². The first-order chi connectivity index (χ1) is 10.9. The van der Waals surface area contributed by atoms with Crippen LogP contribution in [0, 0.1) is 0 Å². The van der Waals surface area contributed by atoms with Gasteiger partial charge in [-0.25, -0.2) is 9.59 Å². The van der Waals surface area contributed by atoms with Crippen LogP contribution in [0.1, 0.15) is 32.6 Å². The van der Waals surface area contributed by atoms with Gasteiger partial charge in [-0.05, 0) is 56.9 Å². The fourth-order valence-electron chi connectivity index (χ4n) is 2.32. The van der Waals surface area contributed by atoms with E-state index >= 15 is 0 Å². The molecule has 0 aliphatic heterocycles. The first kappa shape index (κ1) is 17.1. The maximum atomic E-state index is 11.7. The van der Waals surface area contributed by atoms with Crippen LogP contribution in [-0.2, 0) is 4.79 Å². The second kappa shape index (κ2) is 7.32. The Hall–Kier alpha value is -2.28. The lowest BCUT2D eigenvalue weighted by atomic mass is 10.1. The smallest absolute Gasteiger partial charge is 0.337 e. The summed E-state index contributed by atoms with van der Waals surface area (Å²) in [6.07, 6.45) is 4.82. The summed E-state index contributed by atoms with van der Waals surface area (Å²) in [7, 11) is 0. The highest BCUT2D eigenvalue weighted by Gasteiger charge is 2.30. The molecule has 0 radical (unpaired) electrons. The molecule has 0 bridgehead atoms. The number of carbonyl (C=O) groups excluding carboxylic acids is 1. The monoisotopic (exact) mass is 322 g/mol. The van der Waals surface area contributed by atoms with Gasteiger partial charge < -0.3 is 25.6 Å². The molecule has 1 fully saturated rings. The van der Waals surface area contributed by atoms with Gasteiger partial charge in [0.2, 0.25) is 0 Å². The van der Waals surface area contributed by atoms with E-state index in [0.717, 1.165) is 25.5 Å². The second-order valence-corrected chi connectivity index (χ2v) is 5.94. The molecule has 7 heteroatoms. The molecule has 2 rings (SSSR count). The molecule has 0 saturated heterocycles. The van der Waals surface area contributed by atoms with Crippen LogP contribution >= 0.6 is 0 Å². The Morgan fingerprint density at radius 1 is 1.26 bits per heavy atom. The maximum Gasteiger partial charge on any atom is 0.337 e. The molecule has 1 aliphatic rings. The summed E-state index contributed by atoms with van der Waals surface area (Å²) in [6.45, 7) is 0.724. The molecule has 7 nitrogen and oxygen atoms in total. The van der Waals surface area contributed by atoms with Crippen LogP contribution < -0.4 is 15.4 Å². The number of anilines is 1. The number of carboxylic acids is 1. The van der Waals surface area contributed by atoms with E-state index in [2.05, 4.69) is 10.6 Å². The fraction of sp³-hybridized carbons (Fsp3) is 0.500. The minimum absolute atomic E-state index is 0.273. The summed E-state index contributed by atoms with van der Waals surface area (Å²) in [5.41, 5.74) is -1.45. The first-order valence-electron chi connectivity index (χ1n) is 7.64. The van der Waals surface area contributed by atoms with Gasteiger partial charge in [-0.3, -0.25) is 0 Å². The topological polar surface area (TPSA) is 108 Å². The number of hydrogen-bond donors (Lipinski definition) is 4. The minimum Gasteiger partial charge on any atom is -0.490 e. The second-order valence-electron chi connectivity index (χ2n) is 5.94. The summed E-state index contributed by atoms with van der Waals surface area (Å²) in [5, 5.41) is 23.2. The fourth-order valence-corrected chi connectivity index (χ4v) is 2.32. The zero-order valence-electron chi connectivity index (χ0n) is 13.0. The average molecular weight is 322 g/mol. The van der Waals surface area contributed by atoms with Gasteiger partial charge in [-0.15, -0.1) is 0 Å². The maximum absolute atomic E-state index is 11.7. The lowest BCUT2D eigenvalue weighted by Gasteiger charge is -2.18. The van der Waals surface area contributed by atoms with Gasteiger partial charge in [0.1, 0.15) is 5.75 Å². The number of rotatable bonds is 6. The lowest BCUT2D eigenvalue weighted by molar-refractivity contribution is -0.155. The molecule has 1 atom stereocenters. The summed E-state index contributed by atoms with van der Waals surface area (Å²) in [4.78, 5) is 22.4. The number of hydrogen-bond acceptors (Lipinski definition) is 4. The number of carbonyl (C=O) groups is 2. The number of aliphatic carboxylic acids is 1. The molecular weight excluding hydrogens is 300 g/mol. The summed E-state index contributed by atoms with van der Waals surface area (Å²) in [5.74, 6) is -0.636. The highest BCUT2D eigenvalue weighted by molar-refractivity contribution is 5.90. The van der Waals surface area contributed by atoms with E-state index in [0.29, 0.717) is 5.69 Å². The number of ether oxygens (including phenoxy) is 1. The third-order valence-electron chi connectivity index (χ3n) is 3.77. The van der Waals surface area contributed by atoms with Crippen molar-refractivity contribution in [3.8, 4) is 5.75 Å². The molecule has 0 heterocycles. The molecule has 1 aromatic carbocycles. The average Bonchev–Trinajstić information content (AvgIpc) is 3.00. The van der Waals surface area contributed by atoms with Crippen molar-refractivity contribution in [2.75, 3.05) is 11.9 Å². The van der Waals surface area contributed by atoms with Crippen molar-refractivity contribution in [1.29, 1.82) is 0 Å². The number of aliphatic hydroxyl groups is 1. The number of urea groups is 1. The molecule has 1 unspecified atom stereocenters. The molecule has 0 aromatic heterocycles. The molecule has 1 saturated carbocycles. The predicted molar refractivity (Wildman–Crippen MR) is 84.6 cm³/mol. The largest absolute Gasteiger partial charge is 0.490 e. The third kappa shape index (κ3) is 5.14. The number of carboxylic acid groups (broad SMARTS) is 1. The van der Waals surface area contributed by atoms with Crippen LogP contribution in [-0.4, -0.2) is 40.5 Å². The Balaban J connectivity index is 1.80. The van der Waals surface area contributed by atoms with E-state index in [9.17, 15) is 14.7 Å². The molecule has 126 valence electrons. The Kier molecular flexibility index (Phi) is 5.44. The van der Waals surface area contributed by atoms with E-state index in [1.54, 1.807) is 24.3 Å². The van der Waals surface area contributed by atoms with E-state index in [1.807, 2.05) is 0 Å². The molecule has 0 spiro atoms. The van der Waals surface area contributed by atoms with Crippen molar-refractivity contribution in [3.63, 3.8) is 0 Å². The SMILES string of the molecule is CC(O)(CNC(=O)Nc1ccc(OC2CCCC2)cc1)C(=O)O. The van der Waals surface area contributed by atoms with Crippen molar-refractivity contribution in [2.45, 2.75) is 44.3 Å². The van der Waals surface area contributed by atoms with Gasteiger partial charge in [-0.2, -0.15) is 0 Å². The van der Waals surface area contributed by atoms with Crippen molar-refractivity contribution >= 4 is 17.7 Å². The lowest BCUT2D eigenvalue weighted by Crippen LogP contribution is -2.47. The van der Waals surface area contributed by atoms with Gasteiger partial charge in [0.25, 0.3) is 0 Å². The van der Waals surface area contributed by atoms with E-state index in [-0.39, 0.29) is 6.10 Å². The van der Waals surface area contributed by atoms with Crippen LogP contribution in [0.4, 0.5) is 10.5 Å². The number of amides is 2. The predicted octanol–water partition coefficient (Wildman–Crippen LogP) is 1.97. The van der Waals surface area contributed by atoms with Gasteiger partial charge in [0.15, 0.2) is 5.60 Å². The number of benzene rings is 1. The molecule has 23 heavy (non-hydrogen) atoms. The molecule has 4 N–H and O–H groups in total. The van der Waals surface area contributed by atoms with Gasteiger partial charge in [0, 0.05) is 5.69 Å². The molecule has 1 aliphatic carbocycles. The minimum atomic E-state index is -2.00. The summed E-state index contributed by atoms with van der Waals surface area (Å²) in [6, 6.07) is 6.39. The van der Waals surface area contributed by atoms with Crippen molar-refractivity contribution in [2.24, 2.45) is 0 Å². The van der Waals surface area contributed by atoms with Crippen LogP contribution in [0.2, 0.25) is 0 Å². The van der Waals surface area contributed by atoms with E-state index < -0.39 is 24.1 Å². The summed E-state index contributed by atoms with van der Waals surface area (Å²) >= 11 is 0. The van der Waals surface area contributed by atoms with Crippen LogP contribution in [0.3, 0.4) is 0 Å². The quantitative estimate of drug-likeness (QED) is 0.640. The van der Waals surface area contributed by atoms with E-state index in [1.165, 1.54) is 12.8 Å². The Morgan fingerprint density at radius 2 is 1.87 bits per heavy atom. The molecule has 1 aromatic rings. The zero-order chi connectivity index (χ0) is 16.9. The Labute approximate surface area is 134 Å². The van der Waals surface area contributed by atoms with Crippen molar-refractivity contribution in [1.82, 2.24) is 5.32 Å². The standard InChI is InChI=1S/C16H22N2O5/c1-16(22,14(19)20)10-17-15(21)18-11-6-8-13(9-7-11)23-12-4-2-3-5-12/h6-9,12,22H,2-5,10H2,1H3,(H,19,20)(H2,17,18,21). The van der Waals surface area contributed by atoms with Gasteiger partial charge in [-0.1, -0.05) is 0 Å². The normalized spacial score (nSPS) is 17.3. The molecule has 2 amide bonds. The first-order valence-corrected chi connectivity index (χ1v) is 7.64. The molecular formula is C16H22N2O5. The van der Waals surface area contributed by atoms with Crippen LogP contribution in [0.25, 0.3) is 0 Å². The Bertz CT molecular complexity index is 550. The summed E-state index contributed by atoms with van der Waals surface area (Å²) < 4.78 is 5.83.